The van der Waals surface area contributed by atoms with Crippen molar-refractivity contribution in [1.82, 2.24) is 15.5 Å². The largest absolute Gasteiger partial charge is 0.348 e. The van der Waals surface area contributed by atoms with Crippen LogP contribution in [-0.4, -0.2) is 22.1 Å². The molecule has 1 saturated carbocycles. The normalized spacial score (nSPS) is 13.8. The van der Waals surface area contributed by atoms with Crippen LogP contribution in [0.4, 0.5) is 15.9 Å². The molecule has 6 heteroatoms. The number of carbonyl (C=O) groups is 1. The fourth-order valence-corrected chi connectivity index (χ4v) is 1.71. The molecular formula is C14H13FN4O. The number of aromatic nitrogens is 2. The average Bonchev–Trinajstić information content (AvgIpc) is 3.26. The molecule has 2 N–H and O–H groups in total. The first kappa shape index (κ1) is 12.5. The van der Waals surface area contributed by atoms with E-state index in [1.807, 2.05) is 0 Å². The number of nitrogens with one attached hydrogen (secondary N) is 2. The van der Waals surface area contributed by atoms with Gasteiger partial charge in [0.2, 0.25) is 0 Å². The summed E-state index contributed by atoms with van der Waals surface area (Å²) in [7, 11) is 0. The van der Waals surface area contributed by atoms with Gasteiger partial charge in [-0.1, -0.05) is 12.1 Å². The van der Waals surface area contributed by atoms with E-state index in [0.29, 0.717) is 11.5 Å². The Bertz CT molecular complexity index is 625. The first-order valence-corrected chi connectivity index (χ1v) is 6.38. The molecule has 0 radical (unpaired) electrons. The smallest absolute Gasteiger partial charge is 0.272 e. The van der Waals surface area contributed by atoms with Gasteiger partial charge in [-0.15, -0.1) is 10.2 Å². The molecule has 1 heterocycles. The number of nitrogens with zero attached hydrogens (tertiary/aromatic N) is 2. The van der Waals surface area contributed by atoms with Crippen LogP contribution >= 0.6 is 0 Å². The van der Waals surface area contributed by atoms with Crippen molar-refractivity contribution in [3.05, 3.63) is 47.9 Å². The predicted molar refractivity (Wildman–Crippen MR) is 72.2 cm³/mol. The zero-order chi connectivity index (χ0) is 13.9. The minimum Gasteiger partial charge on any atom is -0.348 e. The highest BCUT2D eigenvalue weighted by atomic mass is 19.1. The summed E-state index contributed by atoms with van der Waals surface area (Å²) >= 11 is 0. The maximum Gasteiger partial charge on any atom is 0.272 e. The van der Waals surface area contributed by atoms with Gasteiger partial charge >= 0.3 is 0 Å². The Kier molecular flexibility index (Phi) is 3.28. The minimum atomic E-state index is -0.371. The van der Waals surface area contributed by atoms with Crippen LogP contribution < -0.4 is 10.6 Å². The fraction of sp³-hybridized carbons (Fsp3) is 0.214. The predicted octanol–water partition coefficient (Wildman–Crippen LogP) is 2.25. The number of halogens is 1. The molecule has 1 aromatic carbocycles. The van der Waals surface area contributed by atoms with Gasteiger partial charge in [0.15, 0.2) is 11.5 Å². The van der Waals surface area contributed by atoms with E-state index in [2.05, 4.69) is 20.8 Å². The lowest BCUT2D eigenvalue weighted by Crippen LogP contribution is -2.26. The van der Waals surface area contributed by atoms with Crippen molar-refractivity contribution in [2.75, 3.05) is 5.32 Å². The van der Waals surface area contributed by atoms with Gasteiger partial charge in [0.1, 0.15) is 5.82 Å². The molecule has 1 aliphatic rings. The van der Waals surface area contributed by atoms with Crippen molar-refractivity contribution >= 4 is 17.4 Å². The maximum absolute atomic E-state index is 13.5. The number of hydrogen-bond acceptors (Lipinski definition) is 4. The van der Waals surface area contributed by atoms with Crippen LogP contribution in [0.1, 0.15) is 23.3 Å². The van der Waals surface area contributed by atoms with Gasteiger partial charge in [-0.2, -0.15) is 0 Å². The Balaban J connectivity index is 1.69. The Labute approximate surface area is 115 Å². The van der Waals surface area contributed by atoms with E-state index in [0.717, 1.165) is 12.8 Å². The number of amides is 1. The summed E-state index contributed by atoms with van der Waals surface area (Å²) in [5.74, 6) is -0.208. The van der Waals surface area contributed by atoms with Gasteiger partial charge in [0, 0.05) is 6.04 Å². The number of rotatable bonds is 4. The number of carbonyl (C=O) groups excluding carboxylic acids is 1. The Morgan fingerprint density at radius 1 is 1.15 bits per heavy atom. The van der Waals surface area contributed by atoms with Crippen LogP contribution in [0, 0.1) is 5.82 Å². The zero-order valence-electron chi connectivity index (χ0n) is 10.6. The standard InChI is InChI=1S/C14H13FN4O/c15-10-3-1-2-4-11(10)17-13-8-7-12(18-19-13)14(20)16-9-5-6-9/h1-4,7-9H,5-6H2,(H,16,20)(H,17,19). The van der Waals surface area contributed by atoms with Crippen molar-refractivity contribution in [1.29, 1.82) is 0 Å². The Hall–Kier alpha value is -2.50. The SMILES string of the molecule is O=C(NC1CC1)c1ccc(Nc2ccccc2F)nn1. The molecule has 0 aliphatic heterocycles. The lowest BCUT2D eigenvalue weighted by Gasteiger charge is -2.06. The van der Waals surface area contributed by atoms with E-state index in [9.17, 15) is 9.18 Å². The van der Waals surface area contributed by atoms with Gasteiger partial charge in [0.05, 0.1) is 5.69 Å². The molecule has 0 spiro atoms. The van der Waals surface area contributed by atoms with Gasteiger partial charge < -0.3 is 10.6 Å². The number of benzene rings is 1. The van der Waals surface area contributed by atoms with Crippen LogP contribution in [0.2, 0.25) is 0 Å². The Morgan fingerprint density at radius 3 is 2.60 bits per heavy atom. The molecule has 2 aromatic rings. The average molecular weight is 272 g/mol. The zero-order valence-corrected chi connectivity index (χ0v) is 10.6. The summed E-state index contributed by atoms with van der Waals surface area (Å²) in [4.78, 5) is 11.7. The number of anilines is 2. The molecule has 1 fully saturated rings. The molecular weight excluding hydrogens is 259 g/mol. The van der Waals surface area contributed by atoms with Crippen LogP contribution in [0.3, 0.4) is 0 Å². The number of para-hydroxylation sites is 1. The van der Waals surface area contributed by atoms with E-state index >= 15 is 0 Å². The molecule has 0 atom stereocenters. The lowest BCUT2D eigenvalue weighted by atomic mass is 10.3. The fourth-order valence-electron chi connectivity index (χ4n) is 1.71. The van der Waals surface area contributed by atoms with E-state index in [4.69, 9.17) is 0 Å². The second-order valence-electron chi connectivity index (χ2n) is 4.66. The van der Waals surface area contributed by atoms with E-state index in [1.54, 1.807) is 30.3 Å². The van der Waals surface area contributed by atoms with Crippen molar-refractivity contribution in [2.45, 2.75) is 18.9 Å². The summed E-state index contributed by atoms with van der Waals surface area (Å²) < 4.78 is 13.5. The number of hydrogen-bond donors (Lipinski definition) is 2. The summed E-state index contributed by atoms with van der Waals surface area (Å²) in [6.07, 6.45) is 2.04. The highest BCUT2D eigenvalue weighted by molar-refractivity contribution is 5.92. The summed E-state index contributed by atoms with van der Waals surface area (Å²) in [6, 6.07) is 9.72. The molecule has 20 heavy (non-hydrogen) atoms. The van der Waals surface area contributed by atoms with E-state index in [1.165, 1.54) is 6.07 Å². The summed E-state index contributed by atoms with van der Waals surface area (Å²) in [5.41, 5.74) is 0.577. The molecule has 3 rings (SSSR count). The molecule has 5 nitrogen and oxygen atoms in total. The molecule has 1 aromatic heterocycles. The summed E-state index contributed by atoms with van der Waals surface area (Å²) in [5, 5.41) is 13.4. The van der Waals surface area contributed by atoms with E-state index in [-0.39, 0.29) is 23.5 Å². The molecule has 1 amide bonds. The van der Waals surface area contributed by atoms with Crippen LogP contribution in [0.5, 0.6) is 0 Å². The van der Waals surface area contributed by atoms with Gasteiger partial charge in [-0.3, -0.25) is 4.79 Å². The van der Waals surface area contributed by atoms with Crippen molar-refractivity contribution in [3.63, 3.8) is 0 Å². The second kappa shape index (κ2) is 5.24. The first-order chi connectivity index (χ1) is 9.72. The van der Waals surface area contributed by atoms with Gasteiger partial charge in [0.25, 0.3) is 5.91 Å². The van der Waals surface area contributed by atoms with Gasteiger partial charge in [-0.25, -0.2) is 4.39 Å². The third kappa shape index (κ3) is 2.90. The van der Waals surface area contributed by atoms with Crippen LogP contribution in [0.15, 0.2) is 36.4 Å². The highest BCUT2D eigenvalue weighted by Gasteiger charge is 2.24. The second-order valence-corrected chi connectivity index (χ2v) is 4.66. The molecule has 102 valence electrons. The monoisotopic (exact) mass is 272 g/mol. The molecule has 1 aliphatic carbocycles. The van der Waals surface area contributed by atoms with E-state index < -0.39 is 0 Å². The third-order valence-corrected chi connectivity index (χ3v) is 2.95. The van der Waals surface area contributed by atoms with Crippen molar-refractivity contribution in [2.24, 2.45) is 0 Å². The lowest BCUT2D eigenvalue weighted by molar-refractivity contribution is 0.0945. The molecule has 0 saturated heterocycles. The minimum absolute atomic E-state index is 0.225. The molecule has 0 bridgehead atoms. The van der Waals surface area contributed by atoms with Crippen LogP contribution in [-0.2, 0) is 0 Å². The maximum atomic E-state index is 13.5. The van der Waals surface area contributed by atoms with Crippen LogP contribution in [0.25, 0.3) is 0 Å². The van der Waals surface area contributed by atoms with Crippen molar-refractivity contribution in [3.8, 4) is 0 Å². The third-order valence-electron chi connectivity index (χ3n) is 2.95. The Morgan fingerprint density at radius 2 is 1.95 bits per heavy atom. The summed E-state index contributed by atoms with van der Waals surface area (Å²) in [6.45, 7) is 0. The quantitative estimate of drug-likeness (QED) is 0.895. The first-order valence-electron chi connectivity index (χ1n) is 6.38. The van der Waals surface area contributed by atoms with Gasteiger partial charge in [-0.05, 0) is 37.1 Å². The molecule has 0 unspecified atom stereocenters. The van der Waals surface area contributed by atoms with Crippen molar-refractivity contribution < 1.29 is 9.18 Å². The highest BCUT2D eigenvalue weighted by Crippen LogP contribution is 2.20. The topological polar surface area (TPSA) is 66.9 Å².